The number of benzene rings is 1. The summed E-state index contributed by atoms with van der Waals surface area (Å²) in [4.78, 5) is 12.2. The fourth-order valence-electron chi connectivity index (χ4n) is 3.41. The second kappa shape index (κ2) is 6.42. The zero-order valence-corrected chi connectivity index (χ0v) is 15.1. The Morgan fingerprint density at radius 2 is 2.11 bits per heavy atom. The van der Waals surface area contributed by atoms with E-state index in [4.69, 9.17) is 0 Å². The molecule has 4 aromatic rings. The largest absolute Gasteiger partial charge is 0.361 e. The maximum atomic E-state index is 4.55. The molecule has 0 aliphatic heterocycles. The minimum absolute atomic E-state index is 0.586. The highest BCUT2D eigenvalue weighted by atomic mass is 15.2. The van der Waals surface area contributed by atoms with Crippen molar-refractivity contribution in [2.45, 2.75) is 32.2 Å². The van der Waals surface area contributed by atoms with Crippen molar-refractivity contribution in [3.05, 3.63) is 59.5 Å². The summed E-state index contributed by atoms with van der Waals surface area (Å²) in [5.41, 5.74) is 4.80. The van der Waals surface area contributed by atoms with Crippen LogP contribution in [0.5, 0.6) is 0 Å². The van der Waals surface area contributed by atoms with E-state index in [1.165, 1.54) is 35.0 Å². The molecule has 0 unspecified atom stereocenters. The molecule has 1 fully saturated rings. The molecule has 7 heteroatoms. The van der Waals surface area contributed by atoms with E-state index in [1.54, 1.807) is 6.20 Å². The second-order valence-electron chi connectivity index (χ2n) is 7.04. The number of aromatic nitrogens is 5. The molecule has 0 saturated heterocycles. The normalized spacial score (nSPS) is 13.8. The van der Waals surface area contributed by atoms with Crippen LogP contribution in [0.3, 0.4) is 0 Å². The van der Waals surface area contributed by atoms with Crippen LogP contribution >= 0.6 is 0 Å². The van der Waals surface area contributed by atoms with Gasteiger partial charge in [-0.2, -0.15) is 10.1 Å². The molecule has 0 bridgehead atoms. The topological polar surface area (TPSA) is 94.3 Å². The Labute approximate surface area is 156 Å². The van der Waals surface area contributed by atoms with Gasteiger partial charge < -0.3 is 15.6 Å². The Morgan fingerprint density at radius 1 is 1.19 bits per heavy atom. The number of aryl methyl sites for hydroxylation is 1. The standard InChI is InChI=1S/C20H21N7/c1-12-10-22-15-4-2-3-14(19(12)15)11-23-20-21-8-7-17(25-20)24-18-9-16(26-27-18)13-5-6-13/h2-4,7-10,13,22H,5-6,11H2,1H3,(H3,21,23,24,25,26,27). The van der Waals surface area contributed by atoms with Gasteiger partial charge in [0.1, 0.15) is 5.82 Å². The number of anilines is 3. The minimum Gasteiger partial charge on any atom is -0.361 e. The molecule has 0 spiro atoms. The van der Waals surface area contributed by atoms with Gasteiger partial charge in [-0.05, 0) is 43.0 Å². The summed E-state index contributed by atoms with van der Waals surface area (Å²) in [6.07, 6.45) is 6.27. The van der Waals surface area contributed by atoms with Gasteiger partial charge in [0.2, 0.25) is 5.95 Å². The van der Waals surface area contributed by atoms with Crippen LogP contribution in [0, 0.1) is 6.92 Å². The van der Waals surface area contributed by atoms with E-state index in [1.807, 2.05) is 12.3 Å². The SMILES string of the molecule is Cc1c[nH]c2cccc(CNc3nccc(Nc4cc(C5CC5)[nH]n4)n3)c12. The van der Waals surface area contributed by atoms with Gasteiger partial charge in [0.05, 0.1) is 0 Å². The first-order valence-corrected chi connectivity index (χ1v) is 9.21. The molecule has 136 valence electrons. The Balaban J connectivity index is 1.30. The third-order valence-corrected chi connectivity index (χ3v) is 4.95. The van der Waals surface area contributed by atoms with Crippen LogP contribution in [0.1, 0.15) is 35.6 Å². The number of hydrogen-bond donors (Lipinski definition) is 4. The summed E-state index contributed by atoms with van der Waals surface area (Å²) in [6, 6.07) is 10.2. The third-order valence-electron chi connectivity index (χ3n) is 4.95. The molecule has 27 heavy (non-hydrogen) atoms. The molecule has 1 saturated carbocycles. The molecule has 5 rings (SSSR count). The first-order valence-electron chi connectivity index (χ1n) is 9.21. The Bertz CT molecular complexity index is 1090. The average Bonchev–Trinajstić information content (AvgIpc) is 3.32. The zero-order valence-electron chi connectivity index (χ0n) is 15.1. The highest BCUT2D eigenvalue weighted by Gasteiger charge is 2.25. The molecule has 0 amide bonds. The quantitative estimate of drug-likeness (QED) is 0.413. The van der Waals surface area contributed by atoms with E-state index in [-0.39, 0.29) is 0 Å². The van der Waals surface area contributed by atoms with Crippen molar-refractivity contribution >= 4 is 28.5 Å². The second-order valence-corrected chi connectivity index (χ2v) is 7.04. The van der Waals surface area contributed by atoms with Crippen molar-refractivity contribution in [2.24, 2.45) is 0 Å². The fraction of sp³-hybridized carbons (Fsp3) is 0.250. The number of nitrogens with one attached hydrogen (secondary N) is 4. The highest BCUT2D eigenvalue weighted by molar-refractivity contribution is 5.86. The van der Waals surface area contributed by atoms with E-state index in [9.17, 15) is 0 Å². The third kappa shape index (κ3) is 3.23. The smallest absolute Gasteiger partial charge is 0.224 e. The Morgan fingerprint density at radius 3 is 3.00 bits per heavy atom. The molecule has 3 aromatic heterocycles. The van der Waals surface area contributed by atoms with Crippen LogP contribution in [0.4, 0.5) is 17.6 Å². The van der Waals surface area contributed by atoms with E-state index in [0.29, 0.717) is 18.4 Å². The van der Waals surface area contributed by atoms with Crippen LogP contribution in [0.2, 0.25) is 0 Å². The number of fused-ring (bicyclic) bond motifs is 1. The molecule has 7 nitrogen and oxygen atoms in total. The summed E-state index contributed by atoms with van der Waals surface area (Å²) in [5, 5.41) is 15.2. The van der Waals surface area contributed by atoms with Crippen molar-refractivity contribution in [3.8, 4) is 0 Å². The molecule has 1 aliphatic rings. The first kappa shape index (κ1) is 15.9. The van der Waals surface area contributed by atoms with E-state index >= 15 is 0 Å². The van der Waals surface area contributed by atoms with Crippen LogP contribution in [0.15, 0.2) is 42.7 Å². The molecule has 0 atom stereocenters. The summed E-state index contributed by atoms with van der Waals surface area (Å²) in [7, 11) is 0. The first-order chi connectivity index (χ1) is 13.3. The van der Waals surface area contributed by atoms with Gasteiger partial charge in [-0.1, -0.05) is 12.1 Å². The van der Waals surface area contributed by atoms with Crippen LogP contribution in [0.25, 0.3) is 10.9 Å². The maximum absolute atomic E-state index is 4.55. The number of H-pyrrole nitrogens is 2. The molecule has 1 aromatic carbocycles. The number of aromatic amines is 2. The van der Waals surface area contributed by atoms with Gasteiger partial charge in [-0.25, -0.2) is 4.98 Å². The lowest BCUT2D eigenvalue weighted by Crippen LogP contribution is -2.05. The van der Waals surface area contributed by atoms with Gasteiger partial charge in [-0.15, -0.1) is 0 Å². The van der Waals surface area contributed by atoms with Gasteiger partial charge >= 0.3 is 0 Å². The van der Waals surface area contributed by atoms with E-state index in [0.717, 1.165) is 17.2 Å². The molecule has 0 radical (unpaired) electrons. The van der Waals surface area contributed by atoms with Crippen molar-refractivity contribution in [1.29, 1.82) is 0 Å². The van der Waals surface area contributed by atoms with Gasteiger partial charge in [0.25, 0.3) is 0 Å². The van der Waals surface area contributed by atoms with Crippen LogP contribution < -0.4 is 10.6 Å². The van der Waals surface area contributed by atoms with E-state index < -0.39 is 0 Å². The summed E-state index contributed by atoms with van der Waals surface area (Å²) in [6.45, 7) is 2.77. The Kier molecular flexibility index (Phi) is 3.78. The maximum Gasteiger partial charge on any atom is 0.224 e. The van der Waals surface area contributed by atoms with Crippen molar-refractivity contribution in [3.63, 3.8) is 0 Å². The summed E-state index contributed by atoms with van der Waals surface area (Å²) >= 11 is 0. The fourth-order valence-corrected chi connectivity index (χ4v) is 3.41. The lowest BCUT2D eigenvalue weighted by Gasteiger charge is -2.08. The van der Waals surface area contributed by atoms with Crippen molar-refractivity contribution < 1.29 is 0 Å². The summed E-state index contributed by atoms with van der Waals surface area (Å²) in [5.74, 6) is 2.74. The van der Waals surface area contributed by atoms with Gasteiger partial charge in [0.15, 0.2) is 5.82 Å². The van der Waals surface area contributed by atoms with E-state index in [2.05, 4.69) is 67.0 Å². The summed E-state index contributed by atoms with van der Waals surface area (Å²) < 4.78 is 0. The molecule has 4 N–H and O–H groups in total. The van der Waals surface area contributed by atoms with Crippen LogP contribution in [-0.4, -0.2) is 25.1 Å². The highest BCUT2D eigenvalue weighted by Crippen LogP contribution is 2.39. The minimum atomic E-state index is 0.586. The predicted octanol–water partition coefficient (Wildman–Crippen LogP) is 4.22. The average molecular weight is 359 g/mol. The monoisotopic (exact) mass is 359 g/mol. The molecular formula is C20H21N7. The lowest BCUT2D eigenvalue weighted by molar-refractivity contribution is 0.966. The molecule has 1 aliphatic carbocycles. The lowest BCUT2D eigenvalue weighted by atomic mass is 10.1. The number of hydrogen-bond acceptors (Lipinski definition) is 5. The van der Waals surface area contributed by atoms with Crippen molar-refractivity contribution in [2.75, 3.05) is 10.6 Å². The predicted molar refractivity (Wildman–Crippen MR) is 106 cm³/mol. The molecule has 3 heterocycles. The van der Waals surface area contributed by atoms with Crippen molar-refractivity contribution in [1.82, 2.24) is 25.1 Å². The van der Waals surface area contributed by atoms with Gasteiger partial charge in [0, 0.05) is 47.5 Å². The van der Waals surface area contributed by atoms with Crippen LogP contribution in [-0.2, 0) is 6.54 Å². The molecular weight excluding hydrogens is 338 g/mol. The Hall–Kier alpha value is -3.35. The number of rotatable bonds is 6. The number of nitrogens with zero attached hydrogens (tertiary/aromatic N) is 3. The van der Waals surface area contributed by atoms with Gasteiger partial charge in [-0.3, -0.25) is 5.10 Å². The zero-order chi connectivity index (χ0) is 18.2.